The van der Waals surface area contributed by atoms with Crippen LogP contribution in [0.4, 0.5) is 18.9 Å². The van der Waals surface area contributed by atoms with Crippen LogP contribution >= 0.6 is 0 Å². The van der Waals surface area contributed by atoms with Crippen molar-refractivity contribution in [3.63, 3.8) is 0 Å². The monoisotopic (exact) mass is 405 g/mol. The summed E-state index contributed by atoms with van der Waals surface area (Å²) in [5.41, 5.74) is -0.726. The molecule has 1 aromatic carbocycles. The van der Waals surface area contributed by atoms with Gasteiger partial charge in [0.15, 0.2) is 11.6 Å². The van der Waals surface area contributed by atoms with Gasteiger partial charge in [-0.15, -0.1) is 0 Å². The first-order valence-corrected chi connectivity index (χ1v) is 9.17. The van der Waals surface area contributed by atoms with Gasteiger partial charge in [-0.3, -0.25) is 14.6 Å². The van der Waals surface area contributed by atoms with Crippen molar-refractivity contribution in [3.05, 3.63) is 59.7 Å². The highest BCUT2D eigenvalue weighted by Gasteiger charge is 2.44. The first kappa shape index (κ1) is 19.4. The molecule has 0 N–H and O–H groups in total. The number of morpholine rings is 1. The molecule has 0 atom stereocenters. The van der Waals surface area contributed by atoms with E-state index in [1.54, 1.807) is 4.90 Å². The van der Waals surface area contributed by atoms with Gasteiger partial charge in [0, 0.05) is 18.8 Å². The molecule has 9 heteroatoms. The lowest BCUT2D eigenvalue weighted by molar-refractivity contribution is -0.143. The summed E-state index contributed by atoms with van der Waals surface area (Å²) in [6.45, 7) is 0.591. The van der Waals surface area contributed by atoms with E-state index < -0.39 is 34.5 Å². The number of rotatable bonds is 2. The summed E-state index contributed by atoms with van der Waals surface area (Å²) in [6, 6.07) is 5.62. The van der Waals surface area contributed by atoms with Crippen LogP contribution < -0.4 is 4.90 Å². The number of benzene rings is 1. The van der Waals surface area contributed by atoms with E-state index in [9.17, 15) is 22.8 Å². The molecule has 2 amide bonds. The summed E-state index contributed by atoms with van der Waals surface area (Å²) in [7, 11) is 0. The summed E-state index contributed by atoms with van der Waals surface area (Å²) in [6.07, 6.45) is 2.41. The highest BCUT2D eigenvalue weighted by Crippen LogP contribution is 2.33. The van der Waals surface area contributed by atoms with Gasteiger partial charge in [-0.25, -0.2) is 13.2 Å². The van der Waals surface area contributed by atoms with Crippen molar-refractivity contribution >= 4 is 17.5 Å². The van der Waals surface area contributed by atoms with Crippen LogP contribution in [0, 0.1) is 17.5 Å². The zero-order valence-corrected chi connectivity index (χ0v) is 15.4. The lowest BCUT2D eigenvalue weighted by atomic mass is 9.88. The molecule has 2 saturated heterocycles. The third-order valence-electron chi connectivity index (χ3n) is 5.42. The molecular weight excluding hydrogens is 387 g/mol. The zero-order valence-electron chi connectivity index (χ0n) is 15.4. The molecule has 2 aliphatic rings. The van der Waals surface area contributed by atoms with Gasteiger partial charge in [0.25, 0.3) is 11.8 Å². The molecule has 2 aliphatic heterocycles. The van der Waals surface area contributed by atoms with Gasteiger partial charge < -0.3 is 14.5 Å². The Balaban J connectivity index is 1.47. The third-order valence-corrected chi connectivity index (χ3v) is 5.42. The number of aromatic nitrogens is 1. The van der Waals surface area contributed by atoms with Crippen LogP contribution in [0.25, 0.3) is 0 Å². The van der Waals surface area contributed by atoms with Crippen LogP contribution in [0.3, 0.4) is 0 Å². The van der Waals surface area contributed by atoms with Gasteiger partial charge in [-0.1, -0.05) is 0 Å². The standard InChI is InChI=1S/C20H18F3N3O3/c21-13-1-3-14(4-2-13)26-12-20(29-11-17(26)27)5-7-25(8-6-20)19(28)18-15(22)9-24-10-16(18)23/h1-4,9-10H,5-8,11-12H2. The van der Waals surface area contributed by atoms with Crippen LogP contribution in [0.2, 0.25) is 0 Å². The van der Waals surface area contributed by atoms with E-state index in [4.69, 9.17) is 4.74 Å². The minimum atomic E-state index is -1.00. The number of carbonyl (C=O) groups excluding carboxylic acids is 2. The fourth-order valence-corrected chi connectivity index (χ4v) is 3.76. The Bertz CT molecular complexity index is 923. The second kappa shape index (κ2) is 7.47. The summed E-state index contributed by atoms with van der Waals surface area (Å²) >= 11 is 0. The summed E-state index contributed by atoms with van der Waals surface area (Å²) < 4.78 is 46.7. The van der Waals surface area contributed by atoms with E-state index in [1.165, 1.54) is 29.2 Å². The van der Waals surface area contributed by atoms with Gasteiger partial charge in [-0.05, 0) is 37.1 Å². The second-order valence-electron chi connectivity index (χ2n) is 7.20. The predicted molar refractivity (Wildman–Crippen MR) is 96.7 cm³/mol. The number of ether oxygens (including phenoxy) is 1. The van der Waals surface area contributed by atoms with Gasteiger partial charge >= 0.3 is 0 Å². The maximum Gasteiger partial charge on any atom is 0.259 e. The van der Waals surface area contributed by atoms with Gasteiger partial charge in [0.2, 0.25) is 0 Å². The first-order valence-electron chi connectivity index (χ1n) is 9.17. The van der Waals surface area contributed by atoms with Crippen LogP contribution in [0.15, 0.2) is 36.7 Å². The van der Waals surface area contributed by atoms with E-state index in [0.29, 0.717) is 18.5 Å². The molecule has 0 bridgehead atoms. The highest BCUT2D eigenvalue weighted by atomic mass is 19.1. The van der Waals surface area contributed by atoms with E-state index >= 15 is 0 Å². The third kappa shape index (κ3) is 3.69. The molecule has 6 nitrogen and oxygen atoms in total. The maximum atomic E-state index is 13.9. The van der Waals surface area contributed by atoms with Crippen molar-refractivity contribution < 1.29 is 27.5 Å². The fourth-order valence-electron chi connectivity index (χ4n) is 3.76. The fraction of sp³-hybridized carbons (Fsp3) is 0.350. The Morgan fingerprint density at radius 3 is 2.28 bits per heavy atom. The molecule has 29 heavy (non-hydrogen) atoms. The summed E-state index contributed by atoms with van der Waals surface area (Å²) in [4.78, 5) is 31.2. The molecule has 0 aliphatic carbocycles. The number of carbonyl (C=O) groups is 2. The normalized spacial score (nSPS) is 18.9. The Hall–Kier alpha value is -2.94. The number of hydrogen-bond acceptors (Lipinski definition) is 4. The average molecular weight is 405 g/mol. The Kier molecular flexibility index (Phi) is 4.99. The SMILES string of the molecule is O=C(c1c(F)cncc1F)N1CCC2(CC1)CN(c1ccc(F)cc1)C(=O)CO2. The molecule has 1 spiro atoms. The number of likely N-dealkylation sites (tertiary alicyclic amines) is 1. The smallest absolute Gasteiger partial charge is 0.259 e. The Morgan fingerprint density at radius 2 is 1.66 bits per heavy atom. The number of halogens is 3. The topological polar surface area (TPSA) is 62.7 Å². The lowest BCUT2D eigenvalue weighted by Crippen LogP contribution is -2.59. The Labute approximate surface area is 164 Å². The minimum Gasteiger partial charge on any atom is -0.363 e. The number of pyridine rings is 1. The molecular formula is C20H18F3N3O3. The quantitative estimate of drug-likeness (QED) is 0.771. The van der Waals surface area contributed by atoms with Crippen LogP contribution in [0.1, 0.15) is 23.2 Å². The van der Waals surface area contributed by atoms with Gasteiger partial charge in [0.05, 0.1) is 24.5 Å². The first-order chi connectivity index (χ1) is 13.9. The van der Waals surface area contributed by atoms with E-state index in [-0.39, 0.29) is 32.1 Å². The van der Waals surface area contributed by atoms with E-state index in [0.717, 1.165) is 12.4 Å². The Morgan fingerprint density at radius 1 is 1.03 bits per heavy atom. The van der Waals surface area contributed by atoms with Crippen molar-refractivity contribution in [1.29, 1.82) is 0 Å². The molecule has 4 rings (SSSR count). The second-order valence-corrected chi connectivity index (χ2v) is 7.20. The van der Waals surface area contributed by atoms with E-state index in [1.807, 2.05) is 0 Å². The summed E-state index contributed by atoms with van der Waals surface area (Å²) in [5, 5.41) is 0. The number of anilines is 1. The van der Waals surface area contributed by atoms with Crippen molar-refractivity contribution in [2.24, 2.45) is 0 Å². The summed E-state index contributed by atoms with van der Waals surface area (Å²) in [5.74, 6) is -3.37. The maximum absolute atomic E-state index is 13.9. The van der Waals surface area contributed by atoms with Crippen LogP contribution in [-0.4, -0.2) is 53.5 Å². The largest absolute Gasteiger partial charge is 0.363 e. The van der Waals surface area contributed by atoms with Crippen molar-refractivity contribution in [2.45, 2.75) is 18.4 Å². The molecule has 2 aromatic rings. The molecule has 1 aromatic heterocycles. The average Bonchev–Trinajstić information content (AvgIpc) is 2.71. The van der Waals surface area contributed by atoms with Crippen molar-refractivity contribution in [2.75, 3.05) is 31.1 Å². The molecule has 152 valence electrons. The molecule has 0 unspecified atom stereocenters. The van der Waals surface area contributed by atoms with Crippen molar-refractivity contribution in [1.82, 2.24) is 9.88 Å². The number of hydrogen-bond donors (Lipinski definition) is 0. The minimum absolute atomic E-state index is 0.126. The van der Waals surface area contributed by atoms with Gasteiger partial charge in [0.1, 0.15) is 18.0 Å². The molecule has 0 saturated carbocycles. The zero-order chi connectivity index (χ0) is 20.6. The van der Waals surface area contributed by atoms with Crippen LogP contribution in [-0.2, 0) is 9.53 Å². The molecule has 2 fully saturated rings. The number of piperidine rings is 1. The van der Waals surface area contributed by atoms with E-state index in [2.05, 4.69) is 4.98 Å². The molecule has 0 radical (unpaired) electrons. The van der Waals surface area contributed by atoms with Crippen LogP contribution in [0.5, 0.6) is 0 Å². The number of amides is 2. The predicted octanol–water partition coefficient (Wildman–Crippen LogP) is 2.54. The van der Waals surface area contributed by atoms with Crippen molar-refractivity contribution in [3.8, 4) is 0 Å². The van der Waals surface area contributed by atoms with Gasteiger partial charge in [-0.2, -0.15) is 0 Å². The molecule has 3 heterocycles. The highest BCUT2D eigenvalue weighted by molar-refractivity contribution is 5.96. The number of nitrogens with zero attached hydrogens (tertiary/aromatic N) is 3. The lowest BCUT2D eigenvalue weighted by Gasteiger charge is -2.47.